The third kappa shape index (κ3) is 3.91. The number of nitriles is 1. The molecule has 0 heterocycles. The van der Waals surface area contributed by atoms with E-state index < -0.39 is 15.8 Å². The van der Waals surface area contributed by atoms with Crippen molar-refractivity contribution in [3.05, 3.63) is 23.8 Å². The number of ether oxygens (including phenoxy) is 2. The number of methoxy groups -OCH3 is 2. The number of nitrogens with one attached hydrogen (secondary N) is 1. The highest BCUT2D eigenvalue weighted by molar-refractivity contribution is 7.89. The topological polar surface area (TPSA) is 88.4 Å². The van der Waals surface area contributed by atoms with Crippen LogP contribution in [0.25, 0.3) is 0 Å². The maximum Gasteiger partial charge on any atom is 0.225 e. The van der Waals surface area contributed by atoms with E-state index in [4.69, 9.17) is 14.7 Å². The quantitative estimate of drug-likeness (QED) is 0.819. The van der Waals surface area contributed by atoms with E-state index in [0.717, 1.165) is 0 Å². The first-order chi connectivity index (χ1) is 8.52. The molecule has 0 saturated carbocycles. The first-order valence-corrected chi connectivity index (χ1v) is 6.73. The zero-order valence-electron chi connectivity index (χ0n) is 10.1. The molecule has 0 aliphatic heterocycles. The van der Waals surface area contributed by atoms with Crippen LogP contribution in [0, 0.1) is 11.3 Å². The Morgan fingerprint density at radius 2 is 2.06 bits per heavy atom. The minimum Gasteiger partial charge on any atom is -0.497 e. The molecule has 0 aromatic heterocycles. The van der Waals surface area contributed by atoms with Crippen LogP contribution in [0.5, 0.6) is 11.5 Å². The summed E-state index contributed by atoms with van der Waals surface area (Å²) in [5, 5.41) is 8.36. The fourth-order valence-corrected chi connectivity index (χ4v) is 1.97. The zero-order valence-corrected chi connectivity index (χ0v) is 11.0. The van der Waals surface area contributed by atoms with Crippen LogP contribution in [0.3, 0.4) is 0 Å². The Labute approximate surface area is 106 Å². The lowest BCUT2D eigenvalue weighted by atomic mass is 10.2. The smallest absolute Gasteiger partial charge is 0.225 e. The Morgan fingerprint density at radius 1 is 1.33 bits per heavy atom. The SMILES string of the molecule is COc1ccc(CNS(=O)(=O)CC#N)c(OC)c1. The molecule has 6 nitrogen and oxygen atoms in total. The molecule has 18 heavy (non-hydrogen) atoms. The van der Waals surface area contributed by atoms with Gasteiger partial charge in [0.25, 0.3) is 0 Å². The lowest BCUT2D eigenvalue weighted by Crippen LogP contribution is -2.25. The van der Waals surface area contributed by atoms with E-state index in [1.165, 1.54) is 14.2 Å². The van der Waals surface area contributed by atoms with Gasteiger partial charge >= 0.3 is 0 Å². The molecule has 0 unspecified atom stereocenters. The van der Waals surface area contributed by atoms with Crippen LogP contribution >= 0.6 is 0 Å². The lowest BCUT2D eigenvalue weighted by Gasteiger charge is -2.10. The van der Waals surface area contributed by atoms with Gasteiger partial charge in [-0.05, 0) is 6.07 Å². The van der Waals surface area contributed by atoms with Crippen molar-refractivity contribution in [1.82, 2.24) is 4.72 Å². The molecule has 0 atom stereocenters. The molecule has 1 aromatic carbocycles. The molecule has 0 spiro atoms. The number of rotatable bonds is 6. The van der Waals surface area contributed by atoms with Crippen LogP contribution in [0.1, 0.15) is 5.56 Å². The molecule has 98 valence electrons. The summed E-state index contributed by atoms with van der Waals surface area (Å²) in [6, 6.07) is 6.66. The summed E-state index contributed by atoms with van der Waals surface area (Å²) in [4.78, 5) is 0. The zero-order chi connectivity index (χ0) is 13.6. The number of sulfonamides is 1. The molecule has 1 N–H and O–H groups in total. The van der Waals surface area contributed by atoms with Crippen LogP contribution in [-0.4, -0.2) is 28.4 Å². The average Bonchev–Trinajstić information content (AvgIpc) is 2.36. The molecule has 0 radical (unpaired) electrons. The molecule has 7 heteroatoms. The highest BCUT2D eigenvalue weighted by Crippen LogP contribution is 2.24. The summed E-state index contributed by atoms with van der Waals surface area (Å²) in [6.45, 7) is 0.0666. The van der Waals surface area contributed by atoms with Crippen LogP contribution in [-0.2, 0) is 16.6 Å². The van der Waals surface area contributed by atoms with Gasteiger partial charge in [-0.25, -0.2) is 13.1 Å². The van der Waals surface area contributed by atoms with Crippen molar-refractivity contribution in [3.63, 3.8) is 0 Å². The van der Waals surface area contributed by atoms with Gasteiger partial charge in [0, 0.05) is 18.2 Å². The van der Waals surface area contributed by atoms with E-state index in [0.29, 0.717) is 17.1 Å². The molecule has 0 amide bonds. The van der Waals surface area contributed by atoms with Gasteiger partial charge in [0.05, 0.1) is 20.3 Å². The van der Waals surface area contributed by atoms with Crippen molar-refractivity contribution in [2.24, 2.45) is 0 Å². The first-order valence-electron chi connectivity index (χ1n) is 5.07. The molecular formula is C11H14N2O4S. The Hall–Kier alpha value is -1.78. The van der Waals surface area contributed by atoms with Gasteiger partial charge in [-0.3, -0.25) is 0 Å². The van der Waals surface area contributed by atoms with Crippen molar-refractivity contribution in [2.45, 2.75) is 6.54 Å². The van der Waals surface area contributed by atoms with Crippen molar-refractivity contribution in [3.8, 4) is 17.6 Å². The van der Waals surface area contributed by atoms with Gasteiger partial charge in [-0.2, -0.15) is 5.26 Å². The van der Waals surface area contributed by atoms with E-state index in [-0.39, 0.29) is 6.54 Å². The molecule has 0 saturated heterocycles. The van der Waals surface area contributed by atoms with Crippen LogP contribution in [0.4, 0.5) is 0 Å². The normalized spacial score (nSPS) is 10.7. The van der Waals surface area contributed by atoms with E-state index in [1.54, 1.807) is 24.3 Å². The number of hydrogen-bond donors (Lipinski definition) is 1. The summed E-state index contributed by atoms with van der Waals surface area (Å²) in [7, 11) is -0.548. The maximum absolute atomic E-state index is 11.3. The predicted octanol–water partition coefficient (Wildman–Crippen LogP) is 0.647. The van der Waals surface area contributed by atoms with Gasteiger partial charge in [-0.1, -0.05) is 6.07 Å². The average molecular weight is 270 g/mol. The largest absolute Gasteiger partial charge is 0.497 e. The summed E-state index contributed by atoms with van der Waals surface area (Å²) in [5.74, 6) is 0.579. The van der Waals surface area contributed by atoms with Gasteiger partial charge < -0.3 is 9.47 Å². The standard InChI is InChI=1S/C11H14N2O4S/c1-16-10-4-3-9(11(7-10)17-2)8-13-18(14,15)6-5-12/h3-4,7,13H,6,8H2,1-2H3. The molecule has 1 rings (SSSR count). The molecule has 1 aromatic rings. The summed E-state index contributed by atoms with van der Waals surface area (Å²) < 4.78 is 35.1. The van der Waals surface area contributed by atoms with E-state index in [2.05, 4.69) is 4.72 Å². The molecule has 0 aliphatic carbocycles. The van der Waals surface area contributed by atoms with Crippen molar-refractivity contribution in [2.75, 3.05) is 20.0 Å². The Morgan fingerprint density at radius 3 is 2.61 bits per heavy atom. The van der Waals surface area contributed by atoms with Crippen LogP contribution < -0.4 is 14.2 Å². The van der Waals surface area contributed by atoms with Gasteiger partial charge in [0.1, 0.15) is 11.5 Å². The molecule has 0 fully saturated rings. The Kier molecular flexibility index (Phi) is 4.95. The summed E-state index contributed by atoms with van der Waals surface area (Å²) in [5.41, 5.74) is 0.666. The molecule has 0 aliphatic rings. The first kappa shape index (κ1) is 14.3. The molecular weight excluding hydrogens is 256 g/mol. The van der Waals surface area contributed by atoms with Crippen molar-refractivity contribution < 1.29 is 17.9 Å². The highest BCUT2D eigenvalue weighted by atomic mass is 32.2. The number of nitrogens with zero attached hydrogens (tertiary/aromatic N) is 1. The Balaban J connectivity index is 2.83. The Bertz CT molecular complexity index is 549. The van der Waals surface area contributed by atoms with Crippen LogP contribution in [0.15, 0.2) is 18.2 Å². The summed E-state index contributed by atoms with van der Waals surface area (Å²) in [6.07, 6.45) is 0. The van der Waals surface area contributed by atoms with E-state index in [9.17, 15) is 8.42 Å². The monoisotopic (exact) mass is 270 g/mol. The van der Waals surface area contributed by atoms with Crippen molar-refractivity contribution >= 4 is 10.0 Å². The predicted molar refractivity (Wildman–Crippen MR) is 65.8 cm³/mol. The summed E-state index contributed by atoms with van der Waals surface area (Å²) >= 11 is 0. The second kappa shape index (κ2) is 6.23. The molecule has 0 bridgehead atoms. The lowest BCUT2D eigenvalue weighted by molar-refractivity contribution is 0.390. The van der Waals surface area contributed by atoms with E-state index >= 15 is 0 Å². The van der Waals surface area contributed by atoms with E-state index in [1.807, 2.05) is 0 Å². The number of hydrogen-bond acceptors (Lipinski definition) is 5. The second-order valence-corrected chi connectivity index (χ2v) is 5.22. The second-order valence-electron chi connectivity index (χ2n) is 3.42. The minimum atomic E-state index is -3.57. The minimum absolute atomic E-state index is 0.0666. The van der Waals surface area contributed by atoms with Gasteiger partial charge in [0.15, 0.2) is 5.75 Å². The highest BCUT2D eigenvalue weighted by Gasteiger charge is 2.11. The fourth-order valence-electron chi connectivity index (χ4n) is 1.32. The van der Waals surface area contributed by atoms with Gasteiger partial charge in [-0.15, -0.1) is 0 Å². The van der Waals surface area contributed by atoms with Crippen LogP contribution in [0.2, 0.25) is 0 Å². The van der Waals surface area contributed by atoms with Crippen molar-refractivity contribution in [1.29, 1.82) is 5.26 Å². The third-order valence-electron chi connectivity index (χ3n) is 2.23. The maximum atomic E-state index is 11.3. The third-order valence-corrected chi connectivity index (χ3v) is 3.32. The fraction of sp³-hybridized carbons (Fsp3) is 0.364. The number of benzene rings is 1. The van der Waals surface area contributed by atoms with Gasteiger partial charge in [0.2, 0.25) is 10.0 Å².